The van der Waals surface area contributed by atoms with E-state index in [9.17, 15) is 10.1 Å². The summed E-state index contributed by atoms with van der Waals surface area (Å²) in [6.45, 7) is 1.72. The molecule has 1 rings (SSSR count). The van der Waals surface area contributed by atoms with Crippen LogP contribution < -0.4 is 10.6 Å². The minimum atomic E-state index is -0.463. The van der Waals surface area contributed by atoms with E-state index in [-0.39, 0.29) is 11.5 Å². The van der Waals surface area contributed by atoms with Gasteiger partial charge in [-0.1, -0.05) is 0 Å². The maximum absolute atomic E-state index is 10.7. The lowest BCUT2D eigenvalue weighted by molar-refractivity contribution is -0.384. The molecule has 7 heteroatoms. The molecule has 0 spiro atoms. The average Bonchev–Trinajstić information content (AvgIpc) is 2.27. The first-order chi connectivity index (χ1) is 8.40. The molecule has 7 nitrogen and oxygen atoms in total. The van der Waals surface area contributed by atoms with Gasteiger partial charge in [-0.3, -0.25) is 10.1 Å². The van der Waals surface area contributed by atoms with Crippen LogP contribution in [0.2, 0.25) is 0 Å². The molecule has 0 atom stereocenters. The number of nitro groups is 1. The van der Waals surface area contributed by atoms with E-state index in [2.05, 4.69) is 9.88 Å². The van der Waals surface area contributed by atoms with Gasteiger partial charge in [0.05, 0.1) is 17.1 Å². The van der Waals surface area contributed by atoms with Crippen LogP contribution in [0.25, 0.3) is 0 Å². The predicted octanol–water partition coefficient (Wildman–Crippen LogP) is 0.960. The minimum Gasteiger partial charge on any atom is -0.383 e. The molecule has 1 aromatic rings. The highest BCUT2D eigenvalue weighted by Crippen LogP contribution is 2.21. The summed E-state index contributed by atoms with van der Waals surface area (Å²) < 4.78 is 0. The van der Waals surface area contributed by atoms with Crippen molar-refractivity contribution in [2.75, 3.05) is 44.9 Å². The van der Waals surface area contributed by atoms with Crippen molar-refractivity contribution in [3.63, 3.8) is 0 Å². The molecule has 0 aliphatic rings. The van der Waals surface area contributed by atoms with E-state index in [1.54, 1.807) is 0 Å². The van der Waals surface area contributed by atoms with Crippen LogP contribution in [0, 0.1) is 10.1 Å². The number of hydrogen-bond donors (Lipinski definition) is 1. The molecule has 0 bridgehead atoms. The highest BCUT2D eigenvalue weighted by molar-refractivity contribution is 5.53. The molecule has 0 aliphatic carbocycles. The van der Waals surface area contributed by atoms with E-state index >= 15 is 0 Å². The summed E-state index contributed by atoms with van der Waals surface area (Å²) in [7, 11) is 5.86. The third-order valence-electron chi connectivity index (χ3n) is 2.52. The van der Waals surface area contributed by atoms with E-state index in [4.69, 9.17) is 5.73 Å². The third-order valence-corrected chi connectivity index (χ3v) is 2.52. The largest absolute Gasteiger partial charge is 0.383 e. The van der Waals surface area contributed by atoms with Crippen LogP contribution in [0.3, 0.4) is 0 Å². The zero-order valence-electron chi connectivity index (χ0n) is 11.0. The van der Waals surface area contributed by atoms with Gasteiger partial charge in [-0.15, -0.1) is 0 Å². The molecule has 0 amide bonds. The topological polar surface area (TPSA) is 88.5 Å². The maximum atomic E-state index is 10.7. The standard InChI is InChI=1S/C11H19N5O2/c1-14(2)5-4-6-15(3)11-8-9(16(17)18)7-10(12)13-11/h7-8H,4-6H2,1-3H3,(H2,12,13). The Morgan fingerprint density at radius 1 is 1.33 bits per heavy atom. The van der Waals surface area contributed by atoms with Gasteiger partial charge >= 0.3 is 0 Å². The van der Waals surface area contributed by atoms with Crippen LogP contribution in [0.1, 0.15) is 6.42 Å². The first kappa shape index (κ1) is 14.2. The van der Waals surface area contributed by atoms with E-state index in [1.165, 1.54) is 12.1 Å². The number of rotatable bonds is 6. The fourth-order valence-electron chi connectivity index (χ4n) is 1.56. The lowest BCUT2D eigenvalue weighted by Gasteiger charge is -2.19. The maximum Gasteiger partial charge on any atom is 0.276 e. The van der Waals surface area contributed by atoms with Crippen molar-refractivity contribution in [2.45, 2.75) is 6.42 Å². The van der Waals surface area contributed by atoms with Gasteiger partial charge in [-0.25, -0.2) is 4.98 Å². The van der Waals surface area contributed by atoms with Crippen LogP contribution in [-0.4, -0.2) is 49.0 Å². The fourth-order valence-corrected chi connectivity index (χ4v) is 1.56. The van der Waals surface area contributed by atoms with Crippen LogP contribution in [0.4, 0.5) is 17.3 Å². The van der Waals surface area contributed by atoms with Crippen LogP contribution in [0.15, 0.2) is 12.1 Å². The summed E-state index contributed by atoms with van der Waals surface area (Å²) in [6.07, 6.45) is 0.952. The number of anilines is 2. The Bertz CT molecular complexity index is 422. The van der Waals surface area contributed by atoms with Crippen molar-refractivity contribution in [1.29, 1.82) is 0 Å². The van der Waals surface area contributed by atoms with Gasteiger partial charge in [0.25, 0.3) is 5.69 Å². The van der Waals surface area contributed by atoms with E-state index in [0.29, 0.717) is 5.82 Å². The Balaban J connectivity index is 2.73. The monoisotopic (exact) mass is 253 g/mol. The van der Waals surface area contributed by atoms with Gasteiger partial charge in [0.15, 0.2) is 0 Å². The molecule has 100 valence electrons. The van der Waals surface area contributed by atoms with Gasteiger partial charge in [0, 0.05) is 13.6 Å². The number of nitrogens with zero attached hydrogens (tertiary/aromatic N) is 4. The molecule has 0 aliphatic heterocycles. The molecule has 0 saturated heterocycles. The summed E-state index contributed by atoms with van der Waals surface area (Å²) >= 11 is 0. The van der Waals surface area contributed by atoms with E-state index < -0.39 is 4.92 Å². The molecule has 0 saturated carbocycles. The van der Waals surface area contributed by atoms with Crippen molar-refractivity contribution in [1.82, 2.24) is 9.88 Å². The third kappa shape index (κ3) is 4.17. The molecule has 0 radical (unpaired) electrons. The van der Waals surface area contributed by atoms with Crippen molar-refractivity contribution in [3.8, 4) is 0 Å². The van der Waals surface area contributed by atoms with Crippen molar-refractivity contribution >= 4 is 17.3 Å². The normalized spacial score (nSPS) is 10.7. The van der Waals surface area contributed by atoms with Gasteiger partial charge < -0.3 is 15.5 Å². The molecule has 0 fully saturated rings. The van der Waals surface area contributed by atoms with E-state index in [0.717, 1.165) is 19.5 Å². The van der Waals surface area contributed by atoms with Crippen molar-refractivity contribution in [3.05, 3.63) is 22.2 Å². The first-order valence-electron chi connectivity index (χ1n) is 5.68. The Hall–Kier alpha value is -1.89. The zero-order chi connectivity index (χ0) is 13.7. The van der Waals surface area contributed by atoms with Crippen LogP contribution >= 0.6 is 0 Å². The average molecular weight is 253 g/mol. The van der Waals surface area contributed by atoms with Gasteiger partial charge in [0.1, 0.15) is 11.6 Å². The summed E-state index contributed by atoms with van der Waals surface area (Å²) in [4.78, 5) is 18.3. The second-order valence-corrected chi connectivity index (χ2v) is 4.44. The number of nitrogens with two attached hydrogens (primary N) is 1. The summed E-state index contributed by atoms with van der Waals surface area (Å²) in [5.74, 6) is 0.694. The smallest absolute Gasteiger partial charge is 0.276 e. The predicted molar refractivity (Wildman–Crippen MR) is 71.7 cm³/mol. The second kappa shape index (κ2) is 6.15. The lowest BCUT2D eigenvalue weighted by atomic mass is 10.3. The Morgan fingerprint density at radius 3 is 2.56 bits per heavy atom. The lowest BCUT2D eigenvalue weighted by Crippen LogP contribution is -2.24. The summed E-state index contributed by atoms with van der Waals surface area (Å²) in [5.41, 5.74) is 5.53. The second-order valence-electron chi connectivity index (χ2n) is 4.44. The SMILES string of the molecule is CN(C)CCCN(C)c1cc([N+](=O)[O-])cc(N)n1. The molecular formula is C11H19N5O2. The first-order valence-corrected chi connectivity index (χ1v) is 5.68. The van der Waals surface area contributed by atoms with Crippen molar-refractivity contribution in [2.24, 2.45) is 0 Å². The molecular weight excluding hydrogens is 234 g/mol. The van der Waals surface area contributed by atoms with E-state index in [1.807, 2.05) is 26.0 Å². The molecule has 0 unspecified atom stereocenters. The number of nitrogen functional groups attached to an aromatic ring is 1. The minimum absolute atomic E-state index is 0.0306. The van der Waals surface area contributed by atoms with Crippen molar-refractivity contribution < 1.29 is 4.92 Å². The fraction of sp³-hybridized carbons (Fsp3) is 0.545. The Labute approximate surface area is 106 Å². The molecule has 2 N–H and O–H groups in total. The zero-order valence-corrected chi connectivity index (χ0v) is 11.0. The summed E-state index contributed by atoms with van der Waals surface area (Å²) in [6, 6.07) is 2.70. The van der Waals surface area contributed by atoms with Gasteiger partial charge in [-0.05, 0) is 27.1 Å². The van der Waals surface area contributed by atoms with Gasteiger partial charge in [-0.2, -0.15) is 0 Å². The Kier molecular flexibility index (Phi) is 4.85. The van der Waals surface area contributed by atoms with Crippen LogP contribution in [0.5, 0.6) is 0 Å². The number of aromatic nitrogens is 1. The quantitative estimate of drug-likeness (QED) is 0.600. The number of hydrogen-bond acceptors (Lipinski definition) is 6. The molecule has 18 heavy (non-hydrogen) atoms. The van der Waals surface area contributed by atoms with Gasteiger partial charge in [0.2, 0.25) is 0 Å². The number of pyridine rings is 1. The van der Waals surface area contributed by atoms with Crippen LogP contribution in [-0.2, 0) is 0 Å². The molecule has 0 aromatic carbocycles. The highest BCUT2D eigenvalue weighted by Gasteiger charge is 2.12. The molecule has 1 heterocycles. The Morgan fingerprint density at radius 2 is 2.00 bits per heavy atom. The summed E-state index contributed by atoms with van der Waals surface area (Å²) in [5, 5.41) is 10.7. The highest BCUT2D eigenvalue weighted by atomic mass is 16.6. The molecule has 1 aromatic heterocycles.